The summed E-state index contributed by atoms with van der Waals surface area (Å²) in [6, 6.07) is 5.36. The van der Waals surface area contributed by atoms with E-state index in [1.54, 1.807) is 36.1 Å². The molecule has 0 aliphatic rings. The Morgan fingerprint density at radius 2 is 2.08 bits per heavy atom. The standard InChI is InChI=1S/C19H18N4O2/c1-10-7-13(12(3)20)18-14(8-10)16(24)11(2)17(25-18)15-9-22-23-6-4-5-21-19(15)23/h4-9,12H,20H2,1-3H3/t12-/m1/s1. The van der Waals surface area contributed by atoms with E-state index in [1.165, 1.54) is 0 Å². The molecule has 6 nitrogen and oxygen atoms in total. The van der Waals surface area contributed by atoms with E-state index < -0.39 is 0 Å². The second kappa shape index (κ2) is 5.53. The van der Waals surface area contributed by atoms with Gasteiger partial charge in [-0.25, -0.2) is 9.50 Å². The fraction of sp³-hybridized carbons (Fsp3) is 0.211. The lowest BCUT2D eigenvalue weighted by atomic mass is 10.00. The number of nitrogens with two attached hydrogens (primary N) is 1. The van der Waals surface area contributed by atoms with Gasteiger partial charge in [0.05, 0.1) is 17.1 Å². The van der Waals surface area contributed by atoms with Crippen molar-refractivity contribution in [1.82, 2.24) is 14.6 Å². The van der Waals surface area contributed by atoms with Gasteiger partial charge in [0, 0.05) is 29.6 Å². The van der Waals surface area contributed by atoms with Crippen LogP contribution in [-0.2, 0) is 0 Å². The Morgan fingerprint density at radius 1 is 1.28 bits per heavy atom. The van der Waals surface area contributed by atoms with Crippen molar-refractivity contribution in [2.45, 2.75) is 26.8 Å². The Balaban J connectivity index is 2.12. The van der Waals surface area contributed by atoms with Crippen LogP contribution >= 0.6 is 0 Å². The molecular formula is C19H18N4O2. The molecule has 0 aliphatic carbocycles. The van der Waals surface area contributed by atoms with Gasteiger partial charge in [0.25, 0.3) is 0 Å². The summed E-state index contributed by atoms with van der Waals surface area (Å²) in [5, 5.41) is 4.84. The first-order valence-electron chi connectivity index (χ1n) is 8.09. The lowest BCUT2D eigenvalue weighted by Crippen LogP contribution is -2.12. The van der Waals surface area contributed by atoms with Gasteiger partial charge in [0.1, 0.15) is 11.3 Å². The van der Waals surface area contributed by atoms with E-state index in [0.717, 1.165) is 11.1 Å². The first kappa shape index (κ1) is 15.5. The molecule has 0 unspecified atom stereocenters. The van der Waals surface area contributed by atoms with Crippen LogP contribution in [0, 0.1) is 13.8 Å². The predicted molar refractivity (Wildman–Crippen MR) is 96.5 cm³/mol. The Bertz CT molecular complexity index is 1170. The molecule has 0 saturated heterocycles. The summed E-state index contributed by atoms with van der Waals surface area (Å²) in [4.78, 5) is 17.3. The van der Waals surface area contributed by atoms with Gasteiger partial charge in [-0.2, -0.15) is 5.10 Å². The number of aryl methyl sites for hydroxylation is 1. The molecule has 2 N–H and O–H groups in total. The quantitative estimate of drug-likeness (QED) is 0.608. The number of rotatable bonds is 2. The highest BCUT2D eigenvalue weighted by Crippen LogP contribution is 2.31. The Labute approximate surface area is 143 Å². The predicted octanol–water partition coefficient (Wildman–Crippen LogP) is 3.14. The molecule has 0 aliphatic heterocycles. The molecule has 0 spiro atoms. The maximum atomic E-state index is 13.0. The number of aromatic nitrogens is 3. The lowest BCUT2D eigenvalue weighted by Gasteiger charge is -2.13. The van der Waals surface area contributed by atoms with E-state index in [-0.39, 0.29) is 11.5 Å². The molecule has 1 atom stereocenters. The highest BCUT2D eigenvalue weighted by atomic mass is 16.3. The molecular weight excluding hydrogens is 316 g/mol. The SMILES string of the molecule is Cc1cc([C@@H](C)N)c2oc(-c3cnn4cccnc34)c(C)c(=O)c2c1. The number of benzene rings is 1. The highest BCUT2D eigenvalue weighted by molar-refractivity contribution is 5.86. The van der Waals surface area contributed by atoms with Crippen LogP contribution in [0.2, 0.25) is 0 Å². The molecule has 25 heavy (non-hydrogen) atoms. The zero-order valence-electron chi connectivity index (χ0n) is 14.3. The minimum atomic E-state index is -0.247. The van der Waals surface area contributed by atoms with Crippen LogP contribution in [0.25, 0.3) is 27.9 Å². The monoisotopic (exact) mass is 334 g/mol. The third-order valence-electron chi connectivity index (χ3n) is 4.41. The van der Waals surface area contributed by atoms with Crippen LogP contribution in [0.5, 0.6) is 0 Å². The molecule has 0 amide bonds. The number of hydrogen-bond acceptors (Lipinski definition) is 5. The largest absolute Gasteiger partial charge is 0.455 e. The summed E-state index contributed by atoms with van der Waals surface area (Å²) in [5.74, 6) is 0.483. The van der Waals surface area contributed by atoms with Gasteiger partial charge in [0.15, 0.2) is 11.1 Å². The number of nitrogens with zero attached hydrogens (tertiary/aromatic N) is 3. The minimum Gasteiger partial charge on any atom is -0.455 e. The van der Waals surface area contributed by atoms with E-state index in [1.807, 2.05) is 26.0 Å². The highest BCUT2D eigenvalue weighted by Gasteiger charge is 2.20. The maximum Gasteiger partial charge on any atom is 0.196 e. The Morgan fingerprint density at radius 3 is 2.84 bits per heavy atom. The Hall–Kier alpha value is -2.99. The molecule has 126 valence electrons. The van der Waals surface area contributed by atoms with E-state index in [4.69, 9.17) is 10.2 Å². The van der Waals surface area contributed by atoms with Gasteiger partial charge in [-0.3, -0.25) is 4.79 Å². The molecule has 0 bridgehead atoms. The van der Waals surface area contributed by atoms with Crippen LogP contribution in [0.4, 0.5) is 0 Å². The zero-order valence-corrected chi connectivity index (χ0v) is 14.3. The van der Waals surface area contributed by atoms with Gasteiger partial charge >= 0.3 is 0 Å². The summed E-state index contributed by atoms with van der Waals surface area (Å²) in [6.07, 6.45) is 5.15. The molecule has 0 fully saturated rings. The first-order valence-corrected chi connectivity index (χ1v) is 8.09. The molecule has 3 heterocycles. The second-order valence-electron chi connectivity index (χ2n) is 6.35. The van der Waals surface area contributed by atoms with Crippen LogP contribution in [0.1, 0.15) is 29.7 Å². The van der Waals surface area contributed by atoms with Crippen molar-refractivity contribution in [2.75, 3.05) is 0 Å². The first-order chi connectivity index (χ1) is 12.0. The molecule has 0 saturated carbocycles. The molecule has 6 heteroatoms. The van der Waals surface area contributed by atoms with Gasteiger partial charge < -0.3 is 10.2 Å². The molecule has 3 aromatic heterocycles. The summed E-state index contributed by atoms with van der Waals surface area (Å²) in [5.41, 5.74) is 10.2. The third kappa shape index (κ3) is 2.34. The summed E-state index contributed by atoms with van der Waals surface area (Å²) >= 11 is 0. The zero-order chi connectivity index (χ0) is 17.7. The van der Waals surface area contributed by atoms with Crippen molar-refractivity contribution in [3.05, 3.63) is 63.7 Å². The van der Waals surface area contributed by atoms with Crippen LogP contribution in [-0.4, -0.2) is 14.6 Å². The van der Waals surface area contributed by atoms with Crippen LogP contribution in [0.15, 0.2) is 46.0 Å². The van der Waals surface area contributed by atoms with E-state index in [0.29, 0.717) is 33.5 Å². The summed E-state index contributed by atoms with van der Waals surface area (Å²) in [6.45, 7) is 5.59. The third-order valence-corrected chi connectivity index (χ3v) is 4.41. The van der Waals surface area contributed by atoms with Crippen LogP contribution < -0.4 is 11.2 Å². The van der Waals surface area contributed by atoms with Crippen molar-refractivity contribution < 1.29 is 4.42 Å². The summed E-state index contributed by atoms with van der Waals surface area (Å²) in [7, 11) is 0. The van der Waals surface area contributed by atoms with Crippen LogP contribution in [0.3, 0.4) is 0 Å². The van der Waals surface area contributed by atoms with Crippen molar-refractivity contribution in [3.8, 4) is 11.3 Å². The van der Waals surface area contributed by atoms with Crippen molar-refractivity contribution in [3.63, 3.8) is 0 Å². The molecule has 4 rings (SSSR count). The fourth-order valence-corrected chi connectivity index (χ4v) is 3.15. The van der Waals surface area contributed by atoms with Crippen molar-refractivity contribution >= 4 is 16.6 Å². The van der Waals surface area contributed by atoms with Crippen molar-refractivity contribution in [2.24, 2.45) is 5.73 Å². The van der Waals surface area contributed by atoms with Gasteiger partial charge in [-0.1, -0.05) is 6.07 Å². The molecule has 1 aromatic carbocycles. The van der Waals surface area contributed by atoms with Gasteiger partial charge in [0.2, 0.25) is 0 Å². The normalized spacial score (nSPS) is 12.8. The topological polar surface area (TPSA) is 86.4 Å². The van der Waals surface area contributed by atoms with Gasteiger partial charge in [-0.05, 0) is 38.5 Å². The molecule has 4 aromatic rings. The minimum absolute atomic E-state index is 0.0582. The average Bonchev–Trinajstić information content (AvgIpc) is 3.01. The molecule has 0 radical (unpaired) electrons. The fourth-order valence-electron chi connectivity index (χ4n) is 3.15. The Kier molecular flexibility index (Phi) is 3.43. The summed E-state index contributed by atoms with van der Waals surface area (Å²) < 4.78 is 7.85. The average molecular weight is 334 g/mol. The smallest absolute Gasteiger partial charge is 0.196 e. The van der Waals surface area contributed by atoms with Crippen molar-refractivity contribution in [1.29, 1.82) is 0 Å². The maximum absolute atomic E-state index is 13.0. The second-order valence-corrected chi connectivity index (χ2v) is 6.35. The van der Waals surface area contributed by atoms with Gasteiger partial charge in [-0.15, -0.1) is 0 Å². The van der Waals surface area contributed by atoms with E-state index in [9.17, 15) is 4.79 Å². The van der Waals surface area contributed by atoms with E-state index >= 15 is 0 Å². The lowest BCUT2D eigenvalue weighted by molar-refractivity contribution is 0.604. The number of fused-ring (bicyclic) bond motifs is 2. The van der Waals surface area contributed by atoms with E-state index in [2.05, 4.69) is 10.1 Å². The number of hydrogen-bond donors (Lipinski definition) is 1.